The molecule has 4 nitrogen and oxygen atoms in total. The second-order valence-corrected chi connectivity index (χ2v) is 14.8. The summed E-state index contributed by atoms with van der Waals surface area (Å²) in [6.07, 6.45) is 48.5. The summed E-state index contributed by atoms with van der Waals surface area (Å²) in [6.45, 7) is 4.36. The number of unbranched alkanes of at least 4 members (excludes halogenated alkanes) is 30. The molecule has 1 amide bonds. The van der Waals surface area contributed by atoms with Crippen LogP contribution in [-0.2, 0) is 4.79 Å². The Hall–Kier alpha value is -0.870. The predicted molar refractivity (Wildman–Crippen MR) is 207 cm³/mol. The van der Waals surface area contributed by atoms with Crippen molar-refractivity contribution < 1.29 is 15.0 Å². The molecule has 0 fully saturated rings. The summed E-state index contributed by atoms with van der Waals surface area (Å²) in [7, 11) is 0. The third-order valence-corrected chi connectivity index (χ3v) is 10.0. The zero-order chi connectivity index (χ0) is 34.3. The van der Waals surface area contributed by atoms with Crippen molar-refractivity contribution in [2.24, 2.45) is 0 Å². The van der Waals surface area contributed by atoms with Crippen molar-refractivity contribution in [3.63, 3.8) is 0 Å². The van der Waals surface area contributed by atoms with Gasteiger partial charge in [0.05, 0.1) is 18.8 Å². The first-order valence-corrected chi connectivity index (χ1v) is 21.4. The van der Waals surface area contributed by atoms with Crippen LogP contribution >= 0.6 is 0 Å². The highest BCUT2D eigenvalue weighted by Gasteiger charge is 2.19. The van der Waals surface area contributed by atoms with E-state index in [-0.39, 0.29) is 12.5 Å². The highest BCUT2D eigenvalue weighted by molar-refractivity contribution is 5.76. The highest BCUT2D eigenvalue weighted by Crippen LogP contribution is 2.16. The maximum absolute atomic E-state index is 12.4. The van der Waals surface area contributed by atoms with E-state index in [4.69, 9.17) is 0 Å². The van der Waals surface area contributed by atoms with Gasteiger partial charge in [0, 0.05) is 6.42 Å². The maximum atomic E-state index is 12.4. The molecular formula is C43H85NO3. The van der Waals surface area contributed by atoms with Crippen LogP contribution in [0.25, 0.3) is 0 Å². The molecule has 0 aliphatic carbocycles. The first-order valence-electron chi connectivity index (χ1n) is 21.4. The third-order valence-electron chi connectivity index (χ3n) is 10.0. The van der Waals surface area contributed by atoms with E-state index in [1.165, 1.54) is 186 Å². The van der Waals surface area contributed by atoms with E-state index >= 15 is 0 Å². The monoisotopic (exact) mass is 664 g/mol. The number of hydrogen-bond donors (Lipinski definition) is 3. The number of allylic oxidation sites excluding steroid dienone is 2. The molecule has 0 heterocycles. The molecule has 2 unspecified atom stereocenters. The summed E-state index contributed by atoms with van der Waals surface area (Å²) in [5.41, 5.74) is 0. The summed E-state index contributed by atoms with van der Waals surface area (Å²) in [5.74, 6) is -0.0374. The van der Waals surface area contributed by atoms with Crippen molar-refractivity contribution in [3.8, 4) is 0 Å². The van der Waals surface area contributed by atoms with E-state index in [1.807, 2.05) is 0 Å². The molecule has 0 aliphatic heterocycles. The van der Waals surface area contributed by atoms with E-state index < -0.39 is 12.1 Å². The van der Waals surface area contributed by atoms with Gasteiger partial charge >= 0.3 is 0 Å². The van der Waals surface area contributed by atoms with Crippen LogP contribution < -0.4 is 5.32 Å². The minimum atomic E-state index is -0.659. The molecule has 3 N–H and O–H groups in total. The molecule has 0 aromatic carbocycles. The second-order valence-electron chi connectivity index (χ2n) is 14.8. The number of amides is 1. The molecule has 0 aliphatic rings. The number of aliphatic hydroxyl groups excluding tert-OH is 2. The number of hydrogen-bond acceptors (Lipinski definition) is 3. The molecule has 47 heavy (non-hydrogen) atoms. The lowest BCUT2D eigenvalue weighted by Gasteiger charge is -2.22. The van der Waals surface area contributed by atoms with Gasteiger partial charge in [0.2, 0.25) is 5.91 Å². The van der Waals surface area contributed by atoms with Crippen molar-refractivity contribution in [2.75, 3.05) is 6.61 Å². The SMILES string of the molecule is CCCCCCCCC/C=C\CCCCCCCC(=O)NC(CO)C(O)CCCCCCCCCCCCCCCCCCCCC. The molecule has 0 spiro atoms. The zero-order valence-corrected chi connectivity index (χ0v) is 32.1. The summed E-state index contributed by atoms with van der Waals surface area (Å²) >= 11 is 0. The lowest BCUT2D eigenvalue weighted by atomic mass is 10.0. The molecular weight excluding hydrogens is 578 g/mol. The standard InChI is InChI=1S/C43H85NO3/c1-3-5-7-9-11-13-15-17-19-21-22-23-24-26-28-30-32-34-36-38-42(46)41(40-45)44-43(47)39-37-35-33-31-29-27-25-20-18-16-14-12-10-8-6-4-2/h20,25,41-42,45-46H,3-19,21-24,26-40H2,1-2H3,(H,44,47)/b25-20-. The normalized spacial score (nSPS) is 13.0. The summed E-state index contributed by atoms with van der Waals surface area (Å²) in [5, 5.41) is 23.2. The van der Waals surface area contributed by atoms with Gasteiger partial charge in [-0.3, -0.25) is 4.79 Å². The Kier molecular flexibility index (Phi) is 38.8. The molecule has 0 bridgehead atoms. The maximum Gasteiger partial charge on any atom is 0.220 e. The number of aliphatic hydroxyl groups is 2. The van der Waals surface area contributed by atoms with E-state index in [1.54, 1.807) is 0 Å². The average Bonchev–Trinajstić information content (AvgIpc) is 3.07. The van der Waals surface area contributed by atoms with Crippen LogP contribution in [0.15, 0.2) is 12.2 Å². The molecule has 0 saturated carbocycles. The van der Waals surface area contributed by atoms with Gasteiger partial charge in [0.25, 0.3) is 0 Å². The first kappa shape index (κ1) is 46.1. The van der Waals surface area contributed by atoms with Crippen LogP contribution in [0.2, 0.25) is 0 Å². The van der Waals surface area contributed by atoms with Gasteiger partial charge in [0.1, 0.15) is 0 Å². The fraction of sp³-hybridized carbons (Fsp3) is 0.930. The predicted octanol–water partition coefficient (Wildman–Crippen LogP) is 13.1. The fourth-order valence-electron chi connectivity index (χ4n) is 6.71. The lowest BCUT2D eigenvalue weighted by Crippen LogP contribution is -2.45. The molecule has 280 valence electrons. The van der Waals surface area contributed by atoms with Gasteiger partial charge < -0.3 is 15.5 Å². The van der Waals surface area contributed by atoms with E-state index in [0.29, 0.717) is 12.8 Å². The van der Waals surface area contributed by atoms with Gasteiger partial charge in [-0.15, -0.1) is 0 Å². The second kappa shape index (κ2) is 39.6. The minimum absolute atomic E-state index is 0.0374. The molecule has 0 aromatic rings. The molecule has 2 atom stereocenters. The Morgan fingerprint density at radius 1 is 0.489 bits per heavy atom. The third kappa shape index (κ3) is 36.2. The van der Waals surface area contributed by atoms with Crippen LogP contribution in [0.1, 0.15) is 239 Å². The average molecular weight is 664 g/mol. The van der Waals surface area contributed by atoms with Crippen LogP contribution in [0.3, 0.4) is 0 Å². The Balaban J connectivity index is 3.51. The molecule has 0 aromatic heterocycles. The van der Waals surface area contributed by atoms with Gasteiger partial charge in [-0.25, -0.2) is 0 Å². The highest BCUT2D eigenvalue weighted by atomic mass is 16.3. The number of nitrogens with one attached hydrogen (secondary N) is 1. The van der Waals surface area contributed by atoms with Gasteiger partial charge in [-0.2, -0.15) is 0 Å². The zero-order valence-electron chi connectivity index (χ0n) is 32.1. The smallest absolute Gasteiger partial charge is 0.220 e. The van der Waals surface area contributed by atoms with Gasteiger partial charge in [-0.05, 0) is 38.5 Å². The Morgan fingerprint density at radius 2 is 0.809 bits per heavy atom. The summed E-state index contributed by atoms with van der Waals surface area (Å²) in [6, 6.07) is -0.536. The Bertz CT molecular complexity index is 637. The van der Waals surface area contributed by atoms with E-state index in [0.717, 1.165) is 25.7 Å². The summed E-state index contributed by atoms with van der Waals surface area (Å²) < 4.78 is 0. The summed E-state index contributed by atoms with van der Waals surface area (Å²) in [4.78, 5) is 12.4. The Morgan fingerprint density at radius 3 is 1.17 bits per heavy atom. The van der Waals surface area contributed by atoms with Crippen LogP contribution in [0, 0.1) is 0 Å². The minimum Gasteiger partial charge on any atom is -0.394 e. The van der Waals surface area contributed by atoms with Crippen molar-refractivity contribution in [2.45, 2.75) is 251 Å². The van der Waals surface area contributed by atoms with Crippen molar-refractivity contribution in [1.29, 1.82) is 0 Å². The van der Waals surface area contributed by atoms with Crippen molar-refractivity contribution >= 4 is 5.91 Å². The van der Waals surface area contributed by atoms with Crippen molar-refractivity contribution in [3.05, 3.63) is 12.2 Å². The fourth-order valence-corrected chi connectivity index (χ4v) is 6.71. The molecule has 0 rings (SSSR count). The topological polar surface area (TPSA) is 69.6 Å². The molecule has 0 radical (unpaired) electrons. The number of rotatable bonds is 39. The number of carbonyl (C=O) groups is 1. The molecule has 0 saturated heterocycles. The van der Waals surface area contributed by atoms with Crippen molar-refractivity contribution in [1.82, 2.24) is 5.32 Å². The van der Waals surface area contributed by atoms with E-state index in [2.05, 4.69) is 31.3 Å². The Labute approximate surface area is 295 Å². The lowest BCUT2D eigenvalue weighted by molar-refractivity contribution is -0.123. The van der Waals surface area contributed by atoms with Crippen LogP contribution in [-0.4, -0.2) is 34.9 Å². The largest absolute Gasteiger partial charge is 0.394 e. The van der Waals surface area contributed by atoms with E-state index in [9.17, 15) is 15.0 Å². The van der Waals surface area contributed by atoms with Crippen LogP contribution in [0.4, 0.5) is 0 Å². The van der Waals surface area contributed by atoms with Gasteiger partial charge in [0.15, 0.2) is 0 Å². The first-order chi connectivity index (χ1) is 23.2. The number of carbonyl (C=O) groups excluding carboxylic acids is 1. The molecule has 4 heteroatoms. The quantitative estimate of drug-likeness (QED) is 0.0453. The van der Waals surface area contributed by atoms with Crippen LogP contribution in [0.5, 0.6) is 0 Å². The van der Waals surface area contributed by atoms with Gasteiger partial charge in [-0.1, -0.05) is 206 Å².